The average Bonchev–Trinajstić information content (AvgIpc) is 2.97. The van der Waals surface area contributed by atoms with Crippen LogP contribution in [0.4, 0.5) is 4.39 Å². The zero-order valence-corrected chi connectivity index (χ0v) is 21.4. The van der Waals surface area contributed by atoms with E-state index in [1.165, 1.54) is 12.2 Å². The van der Waals surface area contributed by atoms with Gasteiger partial charge >= 0.3 is 5.97 Å². The van der Waals surface area contributed by atoms with Crippen LogP contribution < -0.4 is 0 Å². The molecule has 0 unspecified atom stereocenters. The van der Waals surface area contributed by atoms with Crippen molar-refractivity contribution in [2.45, 2.75) is 83.6 Å². The van der Waals surface area contributed by atoms with E-state index in [0.717, 1.165) is 5.57 Å². The summed E-state index contributed by atoms with van der Waals surface area (Å²) in [6.07, 6.45) is 5.56. The largest absolute Gasteiger partial charge is 0.450 e. The van der Waals surface area contributed by atoms with Crippen LogP contribution in [-0.4, -0.2) is 45.3 Å². The monoisotopic (exact) mass is 524 g/mol. The van der Waals surface area contributed by atoms with Crippen LogP contribution >= 0.6 is 15.9 Å². The van der Waals surface area contributed by atoms with Crippen molar-refractivity contribution in [3.8, 4) is 0 Å². The molecule has 0 saturated heterocycles. The maximum absolute atomic E-state index is 17.3. The van der Waals surface area contributed by atoms with E-state index in [4.69, 9.17) is 4.74 Å². The molecule has 5 nitrogen and oxygen atoms in total. The molecule has 0 aliphatic heterocycles. The Morgan fingerprint density at radius 3 is 2.64 bits per heavy atom. The molecule has 182 valence electrons. The summed E-state index contributed by atoms with van der Waals surface area (Å²) in [7, 11) is 0. The Labute approximate surface area is 203 Å². The van der Waals surface area contributed by atoms with Crippen LogP contribution in [0.15, 0.2) is 23.8 Å². The van der Waals surface area contributed by atoms with Gasteiger partial charge in [0, 0.05) is 29.1 Å². The Hall–Kier alpha value is -1.34. The topological polar surface area (TPSA) is 80.7 Å². The molecule has 4 aliphatic carbocycles. The lowest BCUT2D eigenvalue weighted by Crippen LogP contribution is -2.70. The lowest BCUT2D eigenvalue weighted by Gasteiger charge is -2.62. The van der Waals surface area contributed by atoms with E-state index in [2.05, 4.69) is 15.9 Å². The fraction of sp³-hybridized carbons (Fsp3) is 0.731. The van der Waals surface area contributed by atoms with Crippen molar-refractivity contribution in [3.05, 3.63) is 23.8 Å². The summed E-state index contributed by atoms with van der Waals surface area (Å²) in [5, 5.41) is 11.5. The maximum atomic E-state index is 17.3. The standard InChI is InChI=1S/C26H34BrFO5/c1-5-6-22(32)33-26(21(31)14-27)15(2)11-19-18-8-7-16-12-17(29)9-10-23(16,3)25(18,28)20(30)13-24(19,26)4/h9-10,12,15,18-20,30H,5-8,11,13-14H2,1-4H3/t15-,18+,19+,20+,23+,24+,25+,26+/m1/s1. The van der Waals surface area contributed by atoms with Crippen molar-refractivity contribution in [2.24, 2.45) is 28.6 Å². The van der Waals surface area contributed by atoms with E-state index < -0.39 is 40.1 Å². The van der Waals surface area contributed by atoms with Crippen molar-refractivity contribution in [2.75, 3.05) is 5.33 Å². The Bertz CT molecular complexity index is 945. The molecule has 8 atom stereocenters. The quantitative estimate of drug-likeness (QED) is 0.418. The summed E-state index contributed by atoms with van der Waals surface area (Å²) in [5.41, 5.74) is -4.65. The number of allylic oxidation sites excluding steroid dienone is 4. The molecule has 0 aromatic rings. The molecule has 3 fully saturated rings. The first-order valence-corrected chi connectivity index (χ1v) is 13.2. The number of hydrogen-bond acceptors (Lipinski definition) is 5. The highest BCUT2D eigenvalue weighted by atomic mass is 79.9. The van der Waals surface area contributed by atoms with Crippen LogP contribution in [0.1, 0.15) is 66.2 Å². The van der Waals surface area contributed by atoms with E-state index in [1.54, 1.807) is 13.0 Å². The first-order valence-electron chi connectivity index (χ1n) is 12.0. The highest BCUT2D eigenvalue weighted by Gasteiger charge is 2.77. The van der Waals surface area contributed by atoms with Crippen molar-refractivity contribution < 1.29 is 28.6 Å². The van der Waals surface area contributed by atoms with Gasteiger partial charge in [0.1, 0.15) is 0 Å². The highest BCUT2D eigenvalue weighted by molar-refractivity contribution is 9.09. The number of carbonyl (C=O) groups excluding carboxylic acids is 3. The lowest BCUT2D eigenvalue weighted by atomic mass is 9.44. The molecule has 1 N–H and O–H groups in total. The number of aliphatic hydroxyl groups is 1. The van der Waals surface area contributed by atoms with Gasteiger partial charge < -0.3 is 9.84 Å². The van der Waals surface area contributed by atoms with E-state index in [-0.39, 0.29) is 41.6 Å². The second-order valence-electron chi connectivity index (χ2n) is 10.9. The van der Waals surface area contributed by atoms with Crippen molar-refractivity contribution in [3.63, 3.8) is 0 Å². The second kappa shape index (κ2) is 8.11. The Kier molecular flexibility index (Phi) is 6.09. The maximum Gasteiger partial charge on any atom is 0.306 e. The van der Waals surface area contributed by atoms with E-state index in [0.29, 0.717) is 25.7 Å². The number of fused-ring (bicyclic) bond motifs is 5. The minimum Gasteiger partial charge on any atom is -0.450 e. The minimum atomic E-state index is -1.97. The first-order chi connectivity index (χ1) is 15.4. The van der Waals surface area contributed by atoms with Gasteiger partial charge in [0.15, 0.2) is 22.8 Å². The molecule has 4 rings (SSSR count). The number of rotatable bonds is 5. The van der Waals surface area contributed by atoms with Crippen LogP contribution in [0.25, 0.3) is 0 Å². The molecule has 7 heteroatoms. The highest BCUT2D eigenvalue weighted by Crippen LogP contribution is 2.71. The Balaban J connectivity index is 1.83. The Morgan fingerprint density at radius 1 is 1.30 bits per heavy atom. The molecule has 0 heterocycles. The second-order valence-corrected chi connectivity index (χ2v) is 11.5. The van der Waals surface area contributed by atoms with Gasteiger partial charge in [0.25, 0.3) is 0 Å². The van der Waals surface area contributed by atoms with E-state index in [9.17, 15) is 19.5 Å². The van der Waals surface area contributed by atoms with Crippen LogP contribution in [0.2, 0.25) is 0 Å². The molecule has 0 aromatic carbocycles. The van der Waals surface area contributed by atoms with Gasteiger partial charge in [-0.25, -0.2) is 4.39 Å². The average molecular weight is 525 g/mol. The zero-order chi connectivity index (χ0) is 24.4. The molecule has 33 heavy (non-hydrogen) atoms. The summed E-state index contributed by atoms with van der Waals surface area (Å²) in [6, 6.07) is 0. The molecular weight excluding hydrogens is 491 g/mol. The third-order valence-corrected chi connectivity index (χ3v) is 9.95. The number of aliphatic hydroxyl groups excluding tert-OH is 1. The van der Waals surface area contributed by atoms with Crippen LogP contribution in [-0.2, 0) is 19.1 Å². The Morgan fingerprint density at radius 2 is 2.00 bits per heavy atom. The molecule has 0 spiro atoms. The number of alkyl halides is 2. The van der Waals surface area contributed by atoms with Crippen LogP contribution in [0.3, 0.4) is 0 Å². The number of carbonyl (C=O) groups is 3. The molecule has 4 aliphatic rings. The lowest BCUT2D eigenvalue weighted by molar-refractivity contribution is -0.227. The zero-order valence-electron chi connectivity index (χ0n) is 19.8. The number of halogens is 2. The molecular formula is C26H34BrFO5. The minimum absolute atomic E-state index is 0.0117. The number of ether oxygens (including phenoxy) is 1. The fourth-order valence-electron chi connectivity index (χ4n) is 7.93. The molecule has 0 aromatic heterocycles. The fourth-order valence-corrected chi connectivity index (χ4v) is 8.35. The van der Waals surface area contributed by atoms with E-state index in [1.807, 2.05) is 20.8 Å². The van der Waals surface area contributed by atoms with Crippen molar-refractivity contribution >= 4 is 33.5 Å². The van der Waals surface area contributed by atoms with Gasteiger partial charge in [-0.05, 0) is 57.1 Å². The molecule has 0 amide bonds. The predicted octanol–water partition coefficient (Wildman–Crippen LogP) is 4.65. The molecule has 3 saturated carbocycles. The first kappa shape index (κ1) is 24.8. The number of hydrogen-bond donors (Lipinski definition) is 1. The summed E-state index contributed by atoms with van der Waals surface area (Å²) < 4.78 is 23.3. The van der Waals surface area contributed by atoms with Crippen molar-refractivity contribution in [1.29, 1.82) is 0 Å². The van der Waals surface area contributed by atoms with Gasteiger partial charge in [0.05, 0.1) is 11.4 Å². The van der Waals surface area contributed by atoms with Gasteiger partial charge in [-0.2, -0.15) is 0 Å². The summed E-state index contributed by atoms with van der Waals surface area (Å²) in [5.74, 6) is -1.89. The van der Waals surface area contributed by atoms with Gasteiger partial charge in [0.2, 0.25) is 0 Å². The summed E-state index contributed by atoms with van der Waals surface area (Å²) in [4.78, 5) is 38.2. The number of esters is 1. The third kappa shape index (κ3) is 3.06. The summed E-state index contributed by atoms with van der Waals surface area (Å²) >= 11 is 3.29. The summed E-state index contributed by atoms with van der Waals surface area (Å²) in [6.45, 7) is 7.46. The van der Waals surface area contributed by atoms with E-state index >= 15 is 4.39 Å². The number of Topliss-reactive ketones (excluding diaryl/α,β-unsaturated/α-hetero) is 1. The number of ketones is 2. The normalized spacial score (nSPS) is 46.2. The smallest absolute Gasteiger partial charge is 0.306 e. The predicted molar refractivity (Wildman–Crippen MR) is 125 cm³/mol. The SMILES string of the molecule is CCCC(=O)O[C@]1(C(=O)CBr)[C@H](C)C[C@H]2[C@@H]3CCC4=CC(=O)C=C[C@]4(C)[C@@]3(F)[C@@H](O)C[C@@]21C. The van der Waals surface area contributed by atoms with Crippen molar-refractivity contribution in [1.82, 2.24) is 0 Å². The van der Waals surface area contributed by atoms with Crippen LogP contribution in [0, 0.1) is 28.6 Å². The third-order valence-electron chi connectivity index (χ3n) is 9.45. The molecule has 0 radical (unpaired) electrons. The molecule has 0 bridgehead atoms. The van der Waals surface area contributed by atoms with Gasteiger partial charge in [-0.1, -0.05) is 48.4 Å². The van der Waals surface area contributed by atoms with Crippen LogP contribution in [0.5, 0.6) is 0 Å². The van der Waals surface area contributed by atoms with Gasteiger partial charge in [-0.15, -0.1) is 0 Å². The van der Waals surface area contributed by atoms with Gasteiger partial charge in [-0.3, -0.25) is 14.4 Å².